The van der Waals surface area contributed by atoms with Crippen LogP contribution in [0, 0.1) is 11.2 Å². The second-order valence-corrected chi connectivity index (χ2v) is 8.23. The molecule has 1 N–H and O–H groups in total. The van der Waals surface area contributed by atoms with Crippen LogP contribution in [0.5, 0.6) is 0 Å². The van der Waals surface area contributed by atoms with Gasteiger partial charge in [0.15, 0.2) is 0 Å². The van der Waals surface area contributed by atoms with Gasteiger partial charge in [-0.1, -0.05) is 30.3 Å². The molecule has 2 saturated heterocycles. The molecule has 0 unspecified atom stereocenters. The summed E-state index contributed by atoms with van der Waals surface area (Å²) < 4.78 is 18.9. The molecule has 5 rings (SSSR count). The number of amides is 2. The summed E-state index contributed by atoms with van der Waals surface area (Å²) in [7, 11) is 0. The second-order valence-electron chi connectivity index (χ2n) is 8.23. The molecule has 1 spiro atoms. The summed E-state index contributed by atoms with van der Waals surface area (Å²) in [4.78, 5) is 28.5. The lowest BCUT2D eigenvalue weighted by Gasteiger charge is -2.42. The van der Waals surface area contributed by atoms with Crippen LogP contribution in [0.25, 0.3) is 0 Å². The molecule has 5 nitrogen and oxygen atoms in total. The number of likely N-dealkylation sites (tertiary alicyclic amines) is 1. The third-order valence-corrected chi connectivity index (χ3v) is 6.39. The molecule has 0 saturated carbocycles. The number of halogens is 1. The summed E-state index contributed by atoms with van der Waals surface area (Å²) in [5.74, 6) is -0.459. The number of nitrogens with zero attached hydrogens (tertiary/aromatic N) is 1. The molecule has 2 aromatic carbocycles. The maximum atomic E-state index is 13.6. The standard InChI is InChI=1S/C22H21FN2O3/c1-21(12-28-13-21)20(27)25-11-10-22(18(25)14-6-8-15(23)9-7-14)16-4-2-3-5-17(16)24-19(22)26/h2-9,18H,10-13H2,1H3,(H,24,26)/t18-,22+/m0/s1. The number of hydrogen-bond donors (Lipinski definition) is 1. The summed E-state index contributed by atoms with van der Waals surface area (Å²) in [5.41, 5.74) is 1.01. The van der Waals surface area contributed by atoms with Crippen molar-refractivity contribution in [3.8, 4) is 0 Å². The average Bonchev–Trinajstić information content (AvgIpc) is 3.20. The average molecular weight is 380 g/mol. The molecular weight excluding hydrogens is 359 g/mol. The van der Waals surface area contributed by atoms with E-state index in [1.165, 1.54) is 12.1 Å². The fraction of sp³-hybridized carbons (Fsp3) is 0.364. The lowest BCUT2D eigenvalue weighted by molar-refractivity contribution is -0.170. The van der Waals surface area contributed by atoms with E-state index in [-0.39, 0.29) is 17.6 Å². The van der Waals surface area contributed by atoms with E-state index in [0.29, 0.717) is 26.2 Å². The van der Waals surface area contributed by atoms with Crippen LogP contribution < -0.4 is 5.32 Å². The molecule has 0 aromatic heterocycles. The van der Waals surface area contributed by atoms with Crippen molar-refractivity contribution < 1.29 is 18.7 Å². The molecule has 0 radical (unpaired) electrons. The predicted octanol–water partition coefficient (Wildman–Crippen LogP) is 3.03. The molecule has 3 aliphatic heterocycles. The van der Waals surface area contributed by atoms with Crippen molar-refractivity contribution in [3.63, 3.8) is 0 Å². The summed E-state index contributed by atoms with van der Waals surface area (Å²) >= 11 is 0. The molecule has 6 heteroatoms. The molecule has 3 aliphatic rings. The number of anilines is 1. The van der Waals surface area contributed by atoms with Crippen LogP contribution in [-0.2, 0) is 19.7 Å². The maximum absolute atomic E-state index is 13.6. The second kappa shape index (κ2) is 5.88. The molecule has 0 aliphatic carbocycles. The SMILES string of the molecule is CC1(C(=O)N2CC[C@]3(C(=O)Nc4ccccc43)[C@@H]2c2ccc(F)cc2)COC1. The predicted molar refractivity (Wildman–Crippen MR) is 101 cm³/mol. The zero-order valence-corrected chi connectivity index (χ0v) is 15.6. The number of hydrogen-bond acceptors (Lipinski definition) is 3. The number of para-hydroxylation sites is 1. The Kier molecular flexibility index (Phi) is 3.65. The smallest absolute Gasteiger partial charge is 0.237 e. The fourth-order valence-electron chi connectivity index (χ4n) is 4.89. The van der Waals surface area contributed by atoms with E-state index in [1.54, 1.807) is 17.0 Å². The summed E-state index contributed by atoms with van der Waals surface area (Å²) in [6, 6.07) is 13.3. The first-order valence-corrected chi connectivity index (χ1v) is 9.51. The molecule has 2 atom stereocenters. The minimum atomic E-state index is -0.870. The van der Waals surface area contributed by atoms with Gasteiger partial charge in [-0.25, -0.2) is 4.39 Å². The largest absolute Gasteiger partial charge is 0.379 e. The fourth-order valence-corrected chi connectivity index (χ4v) is 4.89. The lowest BCUT2D eigenvalue weighted by Crippen LogP contribution is -2.54. The zero-order chi connectivity index (χ0) is 19.5. The van der Waals surface area contributed by atoms with Crippen molar-refractivity contribution in [2.75, 3.05) is 25.1 Å². The molecule has 2 amide bonds. The topological polar surface area (TPSA) is 58.6 Å². The first kappa shape index (κ1) is 17.4. The summed E-state index contributed by atoms with van der Waals surface area (Å²) in [6.07, 6.45) is 0.528. The minimum Gasteiger partial charge on any atom is -0.379 e. The Bertz CT molecular complexity index is 970. The quantitative estimate of drug-likeness (QED) is 0.871. The van der Waals surface area contributed by atoms with E-state index in [1.807, 2.05) is 31.2 Å². The van der Waals surface area contributed by atoms with Crippen LogP contribution >= 0.6 is 0 Å². The highest BCUT2D eigenvalue weighted by Crippen LogP contribution is 2.55. The van der Waals surface area contributed by atoms with Gasteiger partial charge in [-0.15, -0.1) is 0 Å². The van der Waals surface area contributed by atoms with Crippen molar-refractivity contribution in [2.45, 2.75) is 24.8 Å². The lowest BCUT2D eigenvalue weighted by atomic mass is 9.72. The van der Waals surface area contributed by atoms with E-state index >= 15 is 0 Å². The van der Waals surface area contributed by atoms with Crippen molar-refractivity contribution in [1.82, 2.24) is 4.90 Å². The van der Waals surface area contributed by atoms with Crippen LogP contribution in [0.1, 0.15) is 30.5 Å². The van der Waals surface area contributed by atoms with Gasteiger partial charge in [-0.2, -0.15) is 0 Å². The summed E-state index contributed by atoms with van der Waals surface area (Å²) in [5, 5.41) is 2.99. The number of benzene rings is 2. The first-order valence-electron chi connectivity index (χ1n) is 9.51. The van der Waals surface area contributed by atoms with Gasteiger partial charge >= 0.3 is 0 Å². The Labute approximate surface area is 162 Å². The van der Waals surface area contributed by atoms with Gasteiger partial charge in [0, 0.05) is 12.2 Å². The van der Waals surface area contributed by atoms with Crippen LogP contribution in [0.2, 0.25) is 0 Å². The Balaban J connectivity index is 1.66. The first-order chi connectivity index (χ1) is 13.5. The highest BCUT2D eigenvalue weighted by molar-refractivity contribution is 6.08. The van der Waals surface area contributed by atoms with Crippen LogP contribution in [-0.4, -0.2) is 36.5 Å². The normalized spacial score (nSPS) is 27.4. The number of carbonyl (C=O) groups excluding carboxylic acids is 2. The van der Waals surface area contributed by atoms with Gasteiger partial charge in [-0.05, 0) is 42.7 Å². The van der Waals surface area contributed by atoms with E-state index in [4.69, 9.17) is 4.74 Å². The van der Waals surface area contributed by atoms with E-state index in [9.17, 15) is 14.0 Å². The van der Waals surface area contributed by atoms with Crippen LogP contribution in [0.4, 0.5) is 10.1 Å². The maximum Gasteiger partial charge on any atom is 0.237 e. The molecule has 28 heavy (non-hydrogen) atoms. The Hall–Kier alpha value is -2.73. The van der Waals surface area contributed by atoms with Gasteiger partial charge in [0.1, 0.15) is 11.2 Å². The number of rotatable bonds is 2. The van der Waals surface area contributed by atoms with Gasteiger partial charge < -0.3 is 15.0 Å². The molecular formula is C22H21FN2O3. The number of ether oxygens (including phenoxy) is 1. The van der Waals surface area contributed by atoms with Crippen molar-refractivity contribution in [2.24, 2.45) is 5.41 Å². The number of carbonyl (C=O) groups is 2. The van der Waals surface area contributed by atoms with E-state index < -0.39 is 16.9 Å². The van der Waals surface area contributed by atoms with Gasteiger partial charge in [-0.3, -0.25) is 9.59 Å². The molecule has 0 bridgehead atoms. The highest BCUT2D eigenvalue weighted by atomic mass is 19.1. The van der Waals surface area contributed by atoms with Gasteiger partial charge in [0.2, 0.25) is 11.8 Å². The minimum absolute atomic E-state index is 0.0119. The summed E-state index contributed by atoms with van der Waals surface area (Å²) in [6.45, 7) is 3.13. The third kappa shape index (κ3) is 2.21. The zero-order valence-electron chi connectivity index (χ0n) is 15.6. The Morgan fingerprint density at radius 2 is 1.89 bits per heavy atom. The van der Waals surface area contributed by atoms with Crippen LogP contribution in [0.15, 0.2) is 48.5 Å². The van der Waals surface area contributed by atoms with Crippen molar-refractivity contribution >= 4 is 17.5 Å². The van der Waals surface area contributed by atoms with Gasteiger partial charge in [0.25, 0.3) is 0 Å². The Morgan fingerprint density at radius 3 is 2.57 bits per heavy atom. The van der Waals surface area contributed by atoms with Gasteiger partial charge in [0.05, 0.1) is 24.7 Å². The molecule has 2 fully saturated rings. The van der Waals surface area contributed by atoms with Crippen molar-refractivity contribution in [3.05, 3.63) is 65.5 Å². The molecule has 2 aromatic rings. The van der Waals surface area contributed by atoms with Crippen molar-refractivity contribution in [1.29, 1.82) is 0 Å². The number of nitrogens with one attached hydrogen (secondary N) is 1. The Morgan fingerprint density at radius 1 is 1.18 bits per heavy atom. The highest BCUT2D eigenvalue weighted by Gasteiger charge is 2.61. The third-order valence-electron chi connectivity index (χ3n) is 6.39. The molecule has 144 valence electrons. The van der Waals surface area contributed by atoms with Crippen LogP contribution in [0.3, 0.4) is 0 Å². The molecule has 3 heterocycles. The monoisotopic (exact) mass is 380 g/mol. The van der Waals surface area contributed by atoms with E-state index in [0.717, 1.165) is 16.8 Å². The number of fused-ring (bicyclic) bond motifs is 2. The van der Waals surface area contributed by atoms with E-state index in [2.05, 4.69) is 5.32 Å².